The molecule has 2 aliphatic heterocycles. The zero-order chi connectivity index (χ0) is 45.4. The van der Waals surface area contributed by atoms with E-state index < -0.39 is 16.1 Å². The fraction of sp³-hybridized carbons (Fsp3) is 0.458. The normalized spacial score (nSPS) is 15.3. The first-order valence-electron chi connectivity index (χ1n) is 22.4. The zero-order valence-corrected chi connectivity index (χ0v) is 39.1. The summed E-state index contributed by atoms with van der Waals surface area (Å²) in [6.45, 7) is 9.28. The Morgan fingerprint density at radius 2 is 1.50 bits per heavy atom. The Kier molecular flexibility index (Phi) is 15.3. The van der Waals surface area contributed by atoms with Gasteiger partial charge < -0.3 is 19.5 Å². The van der Waals surface area contributed by atoms with Crippen LogP contribution in [0.2, 0.25) is 5.02 Å². The Hall–Kier alpha value is -5.38. The van der Waals surface area contributed by atoms with E-state index in [2.05, 4.69) is 20.7 Å². The second-order valence-corrected chi connectivity index (χ2v) is 19.1. The lowest BCUT2D eigenvalue weighted by atomic mass is 10.00. The van der Waals surface area contributed by atoms with Crippen molar-refractivity contribution in [3.63, 3.8) is 0 Å². The molecular weight excluding hydrogens is 852 g/mol. The van der Waals surface area contributed by atoms with Crippen molar-refractivity contribution in [2.24, 2.45) is 4.99 Å². The van der Waals surface area contributed by atoms with E-state index in [1.54, 1.807) is 25.0 Å². The molecule has 1 saturated heterocycles. The van der Waals surface area contributed by atoms with Gasteiger partial charge in [0.15, 0.2) is 5.82 Å². The van der Waals surface area contributed by atoms with Gasteiger partial charge in [0, 0.05) is 60.9 Å². The number of nitrogens with one attached hydrogen (secondary N) is 1. The van der Waals surface area contributed by atoms with E-state index in [0.717, 1.165) is 91.4 Å². The second-order valence-electron chi connectivity index (χ2n) is 16.8. The number of carbonyl (C=O) groups excluding carboxylic acids is 2. The molecule has 16 heteroatoms. The van der Waals surface area contributed by atoms with Crippen LogP contribution < -0.4 is 10.1 Å². The summed E-state index contributed by atoms with van der Waals surface area (Å²) in [5, 5.41) is 16.6. The smallest absolute Gasteiger partial charge is 0.243 e. The molecule has 2 aromatic heterocycles. The Morgan fingerprint density at radius 1 is 0.828 bits per heavy atom. The number of unbranched alkanes of at least 4 members (excludes halogenated alkanes) is 8. The average molecular weight is 912 g/mol. The van der Waals surface area contributed by atoms with E-state index in [9.17, 15) is 18.0 Å². The third-order valence-electron chi connectivity index (χ3n) is 12.2. The lowest BCUT2D eigenvalue weighted by Gasteiger charge is -2.34. The summed E-state index contributed by atoms with van der Waals surface area (Å²) in [4.78, 5) is 33.6. The molecule has 2 aliphatic rings. The Morgan fingerprint density at radius 3 is 2.17 bits per heavy atom. The molecule has 7 rings (SSSR count). The maximum atomic E-state index is 13.7. The monoisotopic (exact) mass is 910 g/mol. The first kappa shape index (κ1) is 46.6. The van der Waals surface area contributed by atoms with E-state index >= 15 is 0 Å². The Bertz CT molecular complexity index is 2560. The molecule has 1 atom stereocenters. The highest BCUT2D eigenvalue weighted by Gasteiger charge is 2.32. The number of methoxy groups -OCH3 is 1. The third-order valence-corrected chi connectivity index (χ3v) is 14.5. The number of aliphatic imine (C=N–C) groups is 1. The zero-order valence-electron chi connectivity index (χ0n) is 37.5. The molecule has 0 radical (unpaired) electrons. The van der Waals surface area contributed by atoms with Crippen molar-refractivity contribution >= 4 is 39.2 Å². The van der Waals surface area contributed by atoms with Crippen LogP contribution in [0.3, 0.4) is 0 Å². The summed E-state index contributed by atoms with van der Waals surface area (Å²) in [6, 6.07) is 18.2. The van der Waals surface area contributed by atoms with Gasteiger partial charge in [0.25, 0.3) is 0 Å². The highest BCUT2D eigenvalue weighted by Crippen LogP contribution is 2.35. The van der Waals surface area contributed by atoms with Crippen molar-refractivity contribution in [3.8, 4) is 22.6 Å². The number of sulfonamides is 1. The van der Waals surface area contributed by atoms with Crippen molar-refractivity contribution in [3.05, 3.63) is 105 Å². The van der Waals surface area contributed by atoms with E-state index in [1.165, 1.54) is 4.31 Å². The molecule has 2 amide bonds. The standard InChI is InChI=1S/C48H59ClN8O6S/c1-32-16-17-37(46-33(2)54-63-34(46)3)29-43(32)64(60,61)56-27-25-55(26-28-56)45(59)15-13-11-9-7-6-8-10-12-14-24-50-44(58)31-41-48-53-52-35(4)57(48)42-23-22-39(62-5)30-40(42)47(51-41)36-18-20-38(49)21-19-36/h16-23,29-30,41H,6-15,24-28,31H2,1-5H3,(H,50,58)/t41-/m0/s1. The van der Waals surface area contributed by atoms with Crippen LogP contribution in [0, 0.1) is 27.7 Å². The van der Waals surface area contributed by atoms with Crippen molar-refractivity contribution in [1.29, 1.82) is 0 Å². The lowest BCUT2D eigenvalue weighted by molar-refractivity contribution is -0.132. The molecule has 14 nitrogen and oxygen atoms in total. The van der Waals surface area contributed by atoms with E-state index in [0.29, 0.717) is 65.5 Å². The van der Waals surface area contributed by atoms with Crippen molar-refractivity contribution in [1.82, 2.24) is 34.4 Å². The second kappa shape index (κ2) is 21.1. The van der Waals surface area contributed by atoms with Crippen LogP contribution in [0.1, 0.15) is 116 Å². The number of benzene rings is 3. The molecule has 0 saturated carbocycles. The molecular formula is C48H59ClN8O6S. The number of piperazine rings is 1. The van der Waals surface area contributed by atoms with Crippen LogP contribution in [0.4, 0.5) is 0 Å². The number of ether oxygens (including phenoxy) is 1. The molecule has 4 heterocycles. The lowest BCUT2D eigenvalue weighted by Crippen LogP contribution is -2.50. The number of fused-ring (bicyclic) bond motifs is 3. The predicted octanol–water partition coefficient (Wildman–Crippen LogP) is 8.65. The quantitative estimate of drug-likeness (QED) is 0.0799. The molecule has 1 N–H and O–H groups in total. The molecule has 0 spiro atoms. The topological polar surface area (TPSA) is 165 Å². The minimum Gasteiger partial charge on any atom is -0.497 e. The number of carbonyl (C=O) groups is 2. The van der Waals surface area contributed by atoms with Gasteiger partial charge in [-0.2, -0.15) is 4.31 Å². The van der Waals surface area contributed by atoms with Gasteiger partial charge >= 0.3 is 0 Å². The highest BCUT2D eigenvalue weighted by atomic mass is 35.5. The number of halogens is 1. The first-order chi connectivity index (χ1) is 30.8. The molecule has 0 bridgehead atoms. The molecule has 3 aromatic carbocycles. The van der Waals surface area contributed by atoms with Gasteiger partial charge in [0.1, 0.15) is 23.4 Å². The van der Waals surface area contributed by atoms with Crippen LogP contribution in [-0.4, -0.2) is 94.9 Å². The first-order valence-corrected chi connectivity index (χ1v) is 24.2. The van der Waals surface area contributed by atoms with Crippen LogP contribution >= 0.6 is 11.6 Å². The number of aromatic nitrogens is 4. The van der Waals surface area contributed by atoms with Crippen molar-refractivity contribution < 1.29 is 27.3 Å². The number of hydrogen-bond donors (Lipinski definition) is 1. The minimum absolute atomic E-state index is 0.0871. The van der Waals surface area contributed by atoms with Gasteiger partial charge in [0.05, 0.1) is 35.5 Å². The van der Waals surface area contributed by atoms with Gasteiger partial charge in [-0.15, -0.1) is 10.2 Å². The van der Waals surface area contributed by atoms with Crippen LogP contribution in [0.5, 0.6) is 5.75 Å². The van der Waals surface area contributed by atoms with Gasteiger partial charge in [-0.1, -0.05) is 86.0 Å². The number of amides is 2. The summed E-state index contributed by atoms with van der Waals surface area (Å²) in [6.07, 6.45) is 9.95. The SMILES string of the molecule is COc1ccc2c(c1)C(c1ccc(Cl)cc1)=N[C@@H](CC(=O)NCCCCCCCCCCCC(=O)N1CCN(S(=O)(=O)c3cc(-c4c(C)noc4C)ccc3C)CC1)c1nnc(C)n1-2. The fourth-order valence-electron chi connectivity index (χ4n) is 8.69. The van der Waals surface area contributed by atoms with Gasteiger partial charge in [-0.3, -0.25) is 19.1 Å². The summed E-state index contributed by atoms with van der Waals surface area (Å²) >= 11 is 6.23. The minimum atomic E-state index is -3.74. The maximum Gasteiger partial charge on any atom is 0.243 e. The van der Waals surface area contributed by atoms with Gasteiger partial charge in [0.2, 0.25) is 21.8 Å². The predicted molar refractivity (Wildman–Crippen MR) is 248 cm³/mol. The Balaban J connectivity index is 0.777. The number of hydrogen-bond acceptors (Lipinski definition) is 10. The summed E-state index contributed by atoms with van der Waals surface area (Å²) < 4.78 is 41.8. The highest BCUT2D eigenvalue weighted by molar-refractivity contribution is 7.89. The van der Waals surface area contributed by atoms with Crippen LogP contribution in [0.25, 0.3) is 16.8 Å². The number of nitrogens with zero attached hydrogens (tertiary/aromatic N) is 7. The molecule has 5 aromatic rings. The van der Waals surface area contributed by atoms with E-state index in [1.807, 2.05) is 79.9 Å². The fourth-order valence-corrected chi connectivity index (χ4v) is 10.5. The Labute approximate surface area is 381 Å². The number of rotatable bonds is 19. The molecule has 0 aliphatic carbocycles. The average Bonchev–Trinajstić information content (AvgIpc) is 3.81. The molecule has 1 fully saturated rings. The maximum absolute atomic E-state index is 13.7. The molecule has 340 valence electrons. The van der Waals surface area contributed by atoms with E-state index in [-0.39, 0.29) is 36.2 Å². The van der Waals surface area contributed by atoms with Crippen molar-refractivity contribution in [2.45, 2.75) is 109 Å². The van der Waals surface area contributed by atoms with Crippen molar-refractivity contribution in [2.75, 3.05) is 39.8 Å². The van der Waals surface area contributed by atoms with E-state index in [4.69, 9.17) is 25.9 Å². The third kappa shape index (κ3) is 10.8. The van der Waals surface area contributed by atoms with Crippen LogP contribution in [-0.2, 0) is 19.6 Å². The van der Waals surface area contributed by atoms with Crippen LogP contribution in [0.15, 0.2) is 75.1 Å². The summed E-state index contributed by atoms with van der Waals surface area (Å²) in [5.41, 5.74) is 6.28. The summed E-state index contributed by atoms with van der Waals surface area (Å²) in [7, 11) is -2.11. The largest absolute Gasteiger partial charge is 0.497 e. The summed E-state index contributed by atoms with van der Waals surface area (Å²) in [5.74, 6) is 2.66. The van der Waals surface area contributed by atoms with Gasteiger partial charge in [-0.05, 0) is 88.1 Å². The molecule has 64 heavy (non-hydrogen) atoms. The number of aryl methyl sites for hydroxylation is 4. The molecule has 0 unspecified atom stereocenters. The van der Waals surface area contributed by atoms with Gasteiger partial charge in [-0.25, -0.2) is 8.42 Å².